The molecule has 5 heteroatoms. The third-order valence-electron chi connectivity index (χ3n) is 4.09. The molecule has 0 saturated heterocycles. The van der Waals surface area contributed by atoms with Crippen molar-refractivity contribution in [2.75, 3.05) is 17.6 Å². The highest BCUT2D eigenvalue weighted by Gasteiger charge is 2.42. The predicted octanol–water partition coefficient (Wildman–Crippen LogP) is 3.10. The molecule has 1 spiro atoms. The van der Waals surface area contributed by atoms with Gasteiger partial charge in [0.2, 0.25) is 0 Å². The van der Waals surface area contributed by atoms with Crippen LogP contribution in [-0.4, -0.2) is 20.7 Å². The number of anilines is 1. The quantitative estimate of drug-likeness (QED) is 0.797. The van der Waals surface area contributed by atoms with Gasteiger partial charge in [-0.2, -0.15) is 0 Å². The molecule has 1 saturated carbocycles. The number of fused-ring (bicyclic) bond motifs is 1. The van der Waals surface area contributed by atoms with Crippen LogP contribution in [0.1, 0.15) is 25.7 Å². The van der Waals surface area contributed by atoms with Gasteiger partial charge < -0.3 is 5.32 Å². The number of halogens is 1. The summed E-state index contributed by atoms with van der Waals surface area (Å²) in [6.45, 7) is 0.736. The summed E-state index contributed by atoms with van der Waals surface area (Å²) in [5, 5.41) is 3.62. The zero-order valence-electron chi connectivity index (χ0n) is 10.1. The summed E-state index contributed by atoms with van der Waals surface area (Å²) in [6.07, 6.45) is 4.23. The van der Waals surface area contributed by atoms with Gasteiger partial charge in [0.1, 0.15) is 4.90 Å². The summed E-state index contributed by atoms with van der Waals surface area (Å²) in [5.41, 5.74) is 0.563. The van der Waals surface area contributed by atoms with E-state index in [-0.39, 0.29) is 16.1 Å². The molecule has 3 nitrogen and oxygen atoms in total. The lowest BCUT2D eigenvalue weighted by Gasteiger charge is -2.26. The minimum Gasteiger partial charge on any atom is -0.383 e. The van der Waals surface area contributed by atoms with E-state index in [9.17, 15) is 8.42 Å². The molecule has 1 aromatic rings. The second-order valence-electron chi connectivity index (χ2n) is 5.44. The second kappa shape index (κ2) is 4.14. The van der Waals surface area contributed by atoms with E-state index in [1.54, 1.807) is 18.2 Å². The van der Waals surface area contributed by atoms with Gasteiger partial charge in [-0.1, -0.05) is 30.5 Å². The van der Waals surface area contributed by atoms with Crippen LogP contribution < -0.4 is 5.32 Å². The first-order chi connectivity index (χ1) is 8.53. The van der Waals surface area contributed by atoms with Gasteiger partial charge in [-0.25, -0.2) is 8.42 Å². The normalized spacial score (nSPS) is 24.3. The zero-order chi connectivity index (χ0) is 12.8. The zero-order valence-corrected chi connectivity index (χ0v) is 11.6. The first-order valence-corrected chi connectivity index (χ1v) is 8.31. The van der Waals surface area contributed by atoms with Crippen LogP contribution in [0.5, 0.6) is 0 Å². The smallest absolute Gasteiger partial charge is 0.182 e. The van der Waals surface area contributed by atoms with Crippen LogP contribution >= 0.6 is 11.6 Å². The van der Waals surface area contributed by atoms with E-state index in [0.717, 1.165) is 32.2 Å². The van der Waals surface area contributed by atoms with Crippen molar-refractivity contribution in [3.63, 3.8) is 0 Å². The first-order valence-electron chi connectivity index (χ1n) is 6.28. The van der Waals surface area contributed by atoms with Gasteiger partial charge in [-0.05, 0) is 25.0 Å². The summed E-state index contributed by atoms with van der Waals surface area (Å²) in [4.78, 5) is 0.287. The van der Waals surface area contributed by atoms with Gasteiger partial charge in [0.25, 0.3) is 0 Å². The standard InChI is InChI=1S/C13H16ClNO2S/c14-10-4-3-5-11-12(10)18(16,17)9-13(8-15-11)6-1-2-7-13/h3-5,15H,1-2,6-9H2. The molecular weight excluding hydrogens is 270 g/mol. The maximum absolute atomic E-state index is 12.6. The van der Waals surface area contributed by atoms with Crippen LogP contribution in [0.3, 0.4) is 0 Å². The lowest BCUT2D eigenvalue weighted by atomic mass is 9.88. The van der Waals surface area contributed by atoms with Crippen molar-refractivity contribution in [3.8, 4) is 0 Å². The Morgan fingerprint density at radius 1 is 1.22 bits per heavy atom. The minimum atomic E-state index is -3.30. The molecule has 0 unspecified atom stereocenters. The maximum atomic E-state index is 12.6. The Labute approximate surface area is 112 Å². The molecule has 1 aromatic carbocycles. The second-order valence-corrected chi connectivity index (χ2v) is 7.77. The van der Waals surface area contributed by atoms with Gasteiger partial charge in [0.05, 0.1) is 16.5 Å². The highest BCUT2D eigenvalue weighted by atomic mass is 35.5. The molecule has 1 N–H and O–H groups in total. The number of rotatable bonds is 0. The van der Waals surface area contributed by atoms with Crippen LogP contribution in [0, 0.1) is 5.41 Å². The average molecular weight is 286 g/mol. The van der Waals surface area contributed by atoms with Crippen LogP contribution in [0.15, 0.2) is 23.1 Å². The first kappa shape index (κ1) is 12.3. The fraction of sp³-hybridized carbons (Fsp3) is 0.538. The number of benzene rings is 1. The number of hydrogen-bond donors (Lipinski definition) is 1. The molecule has 18 heavy (non-hydrogen) atoms. The number of hydrogen-bond acceptors (Lipinski definition) is 3. The van der Waals surface area contributed by atoms with E-state index >= 15 is 0 Å². The van der Waals surface area contributed by atoms with Crippen molar-refractivity contribution in [2.24, 2.45) is 5.41 Å². The molecule has 0 aromatic heterocycles. The molecule has 2 aliphatic rings. The van der Waals surface area contributed by atoms with E-state index in [2.05, 4.69) is 5.32 Å². The van der Waals surface area contributed by atoms with Crippen molar-refractivity contribution in [1.29, 1.82) is 0 Å². The highest BCUT2D eigenvalue weighted by molar-refractivity contribution is 7.91. The highest BCUT2D eigenvalue weighted by Crippen LogP contribution is 2.44. The molecule has 1 aliphatic carbocycles. The summed E-state index contributed by atoms with van der Waals surface area (Å²) < 4.78 is 25.1. The van der Waals surface area contributed by atoms with Gasteiger partial charge >= 0.3 is 0 Å². The van der Waals surface area contributed by atoms with Crippen LogP contribution in [-0.2, 0) is 9.84 Å². The van der Waals surface area contributed by atoms with E-state index in [4.69, 9.17) is 11.6 Å². The summed E-state index contributed by atoms with van der Waals surface area (Å²) >= 11 is 6.08. The molecule has 3 rings (SSSR count). The van der Waals surface area contributed by atoms with Gasteiger partial charge in [0.15, 0.2) is 9.84 Å². The maximum Gasteiger partial charge on any atom is 0.182 e. The molecule has 1 heterocycles. The van der Waals surface area contributed by atoms with Crippen molar-refractivity contribution < 1.29 is 8.42 Å². The van der Waals surface area contributed by atoms with E-state index in [0.29, 0.717) is 10.7 Å². The molecular formula is C13H16ClNO2S. The molecule has 1 fully saturated rings. The molecule has 0 atom stereocenters. The SMILES string of the molecule is O=S1(=O)CC2(CCCC2)CNc2cccc(Cl)c21. The summed E-state index contributed by atoms with van der Waals surface area (Å²) in [7, 11) is -3.30. The number of nitrogens with one attached hydrogen (secondary N) is 1. The van der Waals surface area contributed by atoms with Crippen molar-refractivity contribution in [3.05, 3.63) is 23.2 Å². The average Bonchev–Trinajstić information content (AvgIpc) is 2.69. The van der Waals surface area contributed by atoms with Crippen molar-refractivity contribution in [2.45, 2.75) is 30.6 Å². The van der Waals surface area contributed by atoms with Gasteiger partial charge in [0, 0.05) is 12.0 Å². The minimum absolute atomic E-state index is 0.0960. The Hall–Kier alpha value is -0.740. The lowest BCUT2D eigenvalue weighted by Crippen LogP contribution is -2.31. The largest absolute Gasteiger partial charge is 0.383 e. The van der Waals surface area contributed by atoms with E-state index < -0.39 is 9.84 Å². The Kier molecular flexibility index (Phi) is 2.83. The Morgan fingerprint density at radius 3 is 2.67 bits per heavy atom. The summed E-state index contributed by atoms with van der Waals surface area (Å²) in [6, 6.07) is 5.23. The number of sulfone groups is 1. The molecule has 98 valence electrons. The van der Waals surface area contributed by atoms with E-state index in [1.807, 2.05) is 0 Å². The van der Waals surface area contributed by atoms with Crippen LogP contribution in [0.25, 0.3) is 0 Å². The Morgan fingerprint density at radius 2 is 1.94 bits per heavy atom. The van der Waals surface area contributed by atoms with Gasteiger partial charge in [-0.15, -0.1) is 0 Å². The fourth-order valence-corrected chi connectivity index (χ4v) is 5.93. The summed E-state index contributed by atoms with van der Waals surface area (Å²) in [5.74, 6) is 0.226. The Bertz CT molecular complexity index is 577. The third kappa shape index (κ3) is 1.91. The third-order valence-corrected chi connectivity index (χ3v) is 6.57. The van der Waals surface area contributed by atoms with Crippen LogP contribution in [0.4, 0.5) is 5.69 Å². The lowest BCUT2D eigenvalue weighted by molar-refractivity contribution is 0.365. The van der Waals surface area contributed by atoms with Crippen molar-refractivity contribution in [1.82, 2.24) is 0 Å². The monoisotopic (exact) mass is 285 g/mol. The van der Waals surface area contributed by atoms with Crippen molar-refractivity contribution >= 4 is 27.1 Å². The predicted molar refractivity (Wildman–Crippen MR) is 72.9 cm³/mol. The van der Waals surface area contributed by atoms with Gasteiger partial charge in [-0.3, -0.25) is 0 Å². The Balaban J connectivity index is 2.12. The fourth-order valence-electron chi connectivity index (χ4n) is 3.22. The molecule has 1 aliphatic heterocycles. The van der Waals surface area contributed by atoms with E-state index in [1.165, 1.54) is 0 Å². The molecule has 0 radical (unpaired) electrons. The van der Waals surface area contributed by atoms with Crippen LogP contribution in [0.2, 0.25) is 5.02 Å². The molecule has 0 amide bonds. The molecule has 0 bridgehead atoms. The topological polar surface area (TPSA) is 46.2 Å².